The molecule has 0 radical (unpaired) electrons. The first-order valence-electron chi connectivity index (χ1n) is 12.5. The monoisotopic (exact) mass is 478 g/mol. The predicted octanol–water partition coefficient (Wildman–Crippen LogP) is 4.80. The molecule has 2 aromatic rings. The number of ether oxygens (including phenoxy) is 1. The Kier molecular flexibility index (Phi) is 7.43. The lowest BCUT2D eigenvalue weighted by molar-refractivity contribution is -0.155. The quantitative estimate of drug-likeness (QED) is 0.568. The second-order valence-electron chi connectivity index (χ2n) is 9.79. The van der Waals surface area contributed by atoms with E-state index in [0.717, 1.165) is 17.5 Å². The van der Waals surface area contributed by atoms with Gasteiger partial charge in [-0.3, -0.25) is 9.59 Å². The number of nitrogens with zero attached hydrogens (tertiary/aromatic N) is 1. The molecule has 1 heterocycles. The van der Waals surface area contributed by atoms with E-state index >= 15 is 0 Å². The van der Waals surface area contributed by atoms with Crippen LogP contribution in [0.5, 0.6) is 0 Å². The summed E-state index contributed by atoms with van der Waals surface area (Å²) in [7, 11) is 0. The molecule has 1 unspecified atom stereocenters. The zero-order chi connectivity index (χ0) is 25.0. The molecule has 35 heavy (non-hydrogen) atoms. The van der Waals surface area contributed by atoms with E-state index in [1.54, 1.807) is 11.8 Å². The smallest absolute Gasteiger partial charge is 0.407 e. The summed E-state index contributed by atoms with van der Waals surface area (Å²) >= 11 is 0. The van der Waals surface area contributed by atoms with E-state index in [0.29, 0.717) is 32.4 Å². The van der Waals surface area contributed by atoms with Crippen molar-refractivity contribution in [2.75, 3.05) is 19.7 Å². The molecule has 2 amide bonds. The molecular formula is C28H34N2O5. The van der Waals surface area contributed by atoms with Gasteiger partial charge in [-0.25, -0.2) is 4.79 Å². The summed E-state index contributed by atoms with van der Waals surface area (Å²) in [6.07, 6.45) is 1.98. The van der Waals surface area contributed by atoms with Crippen molar-refractivity contribution < 1.29 is 24.2 Å². The Balaban J connectivity index is 1.27. The Morgan fingerprint density at radius 2 is 1.63 bits per heavy atom. The minimum absolute atomic E-state index is 0.0175. The van der Waals surface area contributed by atoms with Crippen molar-refractivity contribution in [2.45, 2.75) is 57.9 Å². The zero-order valence-electron chi connectivity index (χ0n) is 20.5. The molecule has 4 rings (SSSR count). The number of likely N-dealkylation sites (tertiary alicyclic amines) is 1. The van der Waals surface area contributed by atoms with E-state index in [-0.39, 0.29) is 30.9 Å². The average Bonchev–Trinajstić information content (AvgIpc) is 3.17. The van der Waals surface area contributed by atoms with Gasteiger partial charge in [-0.05, 0) is 48.4 Å². The number of carbonyl (C=O) groups excluding carboxylic acids is 2. The number of hydrogen-bond acceptors (Lipinski definition) is 4. The molecule has 1 fully saturated rings. The highest BCUT2D eigenvalue weighted by Crippen LogP contribution is 2.44. The fourth-order valence-electron chi connectivity index (χ4n) is 5.52. The molecule has 0 saturated carbocycles. The van der Waals surface area contributed by atoms with Gasteiger partial charge in [0.25, 0.3) is 0 Å². The van der Waals surface area contributed by atoms with Gasteiger partial charge in [0.1, 0.15) is 6.61 Å². The van der Waals surface area contributed by atoms with E-state index < -0.39 is 17.5 Å². The van der Waals surface area contributed by atoms with Crippen LogP contribution in [0.2, 0.25) is 0 Å². The molecule has 1 aliphatic carbocycles. The van der Waals surface area contributed by atoms with Crippen molar-refractivity contribution in [1.29, 1.82) is 0 Å². The van der Waals surface area contributed by atoms with Gasteiger partial charge in [0.15, 0.2) is 0 Å². The molecule has 1 saturated heterocycles. The maximum Gasteiger partial charge on any atom is 0.407 e. The van der Waals surface area contributed by atoms with Gasteiger partial charge in [0.2, 0.25) is 5.91 Å². The molecule has 2 aromatic carbocycles. The molecule has 1 atom stereocenters. The van der Waals surface area contributed by atoms with Crippen molar-refractivity contribution in [1.82, 2.24) is 10.2 Å². The van der Waals surface area contributed by atoms with Crippen molar-refractivity contribution in [3.05, 3.63) is 59.7 Å². The van der Waals surface area contributed by atoms with Gasteiger partial charge in [0.05, 0.1) is 5.41 Å². The summed E-state index contributed by atoms with van der Waals surface area (Å²) in [5.41, 5.74) is 3.91. The number of fused-ring (bicyclic) bond motifs is 3. The molecule has 0 spiro atoms. The standard InChI is InChI=1S/C28H34N2O5/c1-3-12-28(26(32)33)13-15-30(16-14-28)25(31)17-19(2)29-27(34)35-18-24-22-10-6-4-8-20(22)21-9-5-7-11-23(21)24/h4-11,19,24H,3,12-18H2,1-2H3,(H,29,34)(H,32,33). The summed E-state index contributed by atoms with van der Waals surface area (Å²) in [5, 5.41) is 12.4. The fourth-order valence-corrected chi connectivity index (χ4v) is 5.52. The number of alkyl carbamates (subject to hydrolysis) is 1. The Bertz CT molecular complexity index is 1040. The van der Waals surface area contributed by atoms with Crippen molar-refractivity contribution in [3.63, 3.8) is 0 Å². The third-order valence-electron chi connectivity index (χ3n) is 7.44. The van der Waals surface area contributed by atoms with Gasteiger partial charge >= 0.3 is 12.1 Å². The summed E-state index contributed by atoms with van der Waals surface area (Å²) in [6, 6.07) is 15.9. The van der Waals surface area contributed by atoms with Gasteiger partial charge in [-0.15, -0.1) is 0 Å². The lowest BCUT2D eigenvalue weighted by Crippen LogP contribution is -2.48. The van der Waals surface area contributed by atoms with E-state index in [1.165, 1.54) is 11.1 Å². The van der Waals surface area contributed by atoms with Crippen molar-refractivity contribution in [2.24, 2.45) is 5.41 Å². The van der Waals surface area contributed by atoms with Crippen LogP contribution >= 0.6 is 0 Å². The largest absolute Gasteiger partial charge is 0.481 e. The molecule has 0 aromatic heterocycles. The first-order chi connectivity index (χ1) is 16.8. The summed E-state index contributed by atoms with van der Waals surface area (Å²) in [5.74, 6) is -0.861. The number of hydrogen-bond donors (Lipinski definition) is 2. The topological polar surface area (TPSA) is 95.9 Å². The number of amides is 2. The summed E-state index contributed by atoms with van der Waals surface area (Å²) in [6.45, 7) is 4.85. The maximum absolute atomic E-state index is 12.8. The number of carboxylic acid groups (broad SMARTS) is 1. The fraction of sp³-hybridized carbons (Fsp3) is 0.464. The summed E-state index contributed by atoms with van der Waals surface area (Å²) in [4.78, 5) is 38.7. The summed E-state index contributed by atoms with van der Waals surface area (Å²) < 4.78 is 5.58. The highest BCUT2D eigenvalue weighted by atomic mass is 16.5. The normalized spacial score (nSPS) is 17.3. The zero-order valence-corrected chi connectivity index (χ0v) is 20.5. The molecular weight excluding hydrogens is 444 g/mol. The second-order valence-corrected chi connectivity index (χ2v) is 9.79. The van der Waals surface area contributed by atoms with E-state index in [1.807, 2.05) is 31.2 Å². The van der Waals surface area contributed by atoms with Gasteiger partial charge < -0.3 is 20.1 Å². The predicted molar refractivity (Wildman–Crippen MR) is 133 cm³/mol. The van der Waals surface area contributed by atoms with Crippen LogP contribution in [-0.2, 0) is 14.3 Å². The lowest BCUT2D eigenvalue weighted by Gasteiger charge is -2.39. The minimum atomic E-state index is -0.767. The van der Waals surface area contributed by atoms with Crippen LogP contribution in [-0.4, -0.2) is 53.7 Å². The molecule has 7 nitrogen and oxygen atoms in total. The van der Waals surface area contributed by atoms with Crippen LogP contribution in [0.3, 0.4) is 0 Å². The number of carboxylic acids is 1. The first-order valence-corrected chi connectivity index (χ1v) is 12.5. The van der Waals surface area contributed by atoms with Crippen LogP contribution in [0.15, 0.2) is 48.5 Å². The van der Waals surface area contributed by atoms with E-state index in [2.05, 4.69) is 29.6 Å². The third-order valence-corrected chi connectivity index (χ3v) is 7.44. The molecule has 1 aliphatic heterocycles. The number of aliphatic carboxylic acids is 1. The number of carbonyl (C=O) groups is 3. The van der Waals surface area contributed by atoms with E-state index in [4.69, 9.17) is 4.74 Å². The molecule has 2 aliphatic rings. The molecule has 7 heteroatoms. The maximum atomic E-state index is 12.8. The average molecular weight is 479 g/mol. The number of rotatable bonds is 8. The first kappa shape index (κ1) is 24.8. The van der Waals surface area contributed by atoms with Gasteiger partial charge in [-0.2, -0.15) is 0 Å². The minimum Gasteiger partial charge on any atom is -0.481 e. The Hall–Kier alpha value is -3.35. The van der Waals surface area contributed by atoms with Gasteiger partial charge in [0, 0.05) is 31.5 Å². The molecule has 186 valence electrons. The lowest BCUT2D eigenvalue weighted by atomic mass is 9.75. The highest BCUT2D eigenvalue weighted by Gasteiger charge is 2.41. The Labute approximate surface area is 206 Å². The van der Waals surface area contributed by atoms with Crippen LogP contribution in [0, 0.1) is 5.41 Å². The molecule has 0 bridgehead atoms. The van der Waals surface area contributed by atoms with Crippen LogP contribution in [0.1, 0.15) is 63.0 Å². The second kappa shape index (κ2) is 10.5. The van der Waals surface area contributed by atoms with Crippen LogP contribution in [0.4, 0.5) is 4.79 Å². The van der Waals surface area contributed by atoms with Crippen LogP contribution < -0.4 is 5.32 Å². The number of nitrogens with one attached hydrogen (secondary N) is 1. The molecule has 2 N–H and O–H groups in total. The SMILES string of the molecule is CCCC1(C(=O)O)CCN(C(=O)CC(C)NC(=O)OCC2c3ccccc3-c3ccccc32)CC1. The Morgan fingerprint density at radius 3 is 2.17 bits per heavy atom. The number of benzene rings is 2. The van der Waals surface area contributed by atoms with Crippen molar-refractivity contribution >= 4 is 18.0 Å². The highest BCUT2D eigenvalue weighted by molar-refractivity contribution is 5.80. The Morgan fingerprint density at radius 1 is 1.06 bits per heavy atom. The number of piperidine rings is 1. The van der Waals surface area contributed by atoms with Crippen LogP contribution in [0.25, 0.3) is 11.1 Å². The van der Waals surface area contributed by atoms with Gasteiger partial charge in [-0.1, -0.05) is 61.9 Å². The third kappa shape index (κ3) is 5.19. The van der Waals surface area contributed by atoms with E-state index in [9.17, 15) is 19.5 Å². The van der Waals surface area contributed by atoms with Crippen molar-refractivity contribution in [3.8, 4) is 11.1 Å².